The van der Waals surface area contributed by atoms with E-state index in [1.807, 2.05) is 6.92 Å². The number of allylic oxidation sites excluding steroid dienone is 2. The molecule has 11 rings (SSSR count). The molecular weight excluding hydrogens is 1280 g/mol. The molecule has 6 saturated heterocycles. The van der Waals surface area contributed by atoms with Crippen LogP contribution in [0.25, 0.3) is 0 Å². The van der Waals surface area contributed by atoms with Crippen LogP contribution >= 0.6 is 0 Å². The summed E-state index contributed by atoms with van der Waals surface area (Å²) in [7, 11) is 0. The smallest absolute Gasteiger partial charge is 0.317 e. The summed E-state index contributed by atoms with van der Waals surface area (Å²) in [6, 6.07) is 0. The average molecular weight is 1390 g/mol. The number of rotatable bonds is 17. The summed E-state index contributed by atoms with van der Waals surface area (Å²) in [4.78, 5) is 15.5. The molecule has 0 amide bonds. The second-order valence-corrected chi connectivity index (χ2v) is 30.7. The van der Waals surface area contributed by atoms with Crippen molar-refractivity contribution in [3.63, 3.8) is 0 Å². The van der Waals surface area contributed by atoms with E-state index in [9.17, 15) is 102 Å². The lowest BCUT2D eigenvalue weighted by Gasteiger charge is -2.72. The van der Waals surface area contributed by atoms with Crippen LogP contribution in [0, 0.1) is 50.2 Å². The number of aliphatic hydroxyl groups excluding tert-OH is 19. The number of fused-ring (bicyclic) bond motifs is 7. The Balaban J connectivity index is 0.793. The molecular formula is C63H102O33. The van der Waals surface area contributed by atoms with Gasteiger partial charge in [0.1, 0.15) is 115 Å². The van der Waals surface area contributed by atoms with Crippen LogP contribution in [-0.2, 0) is 61.6 Å². The molecule has 0 bridgehead atoms. The van der Waals surface area contributed by atoms with Gasteiger partial charge in [0.05, 0.1) is 77.3 Å². The third-order valence-electron chi connectivity index (χ3n) is 24.7. The molecule has 11 aliphatic rings. The molecule has 20 N–H and O–H groups in total. The first kappa shape index (κ1) is 75.1. The van der Waals surface area contributed by atoms with Crippen molar-refractivity contribution in [3.8, 4) is 0 Å². The van der Waals surface area contributed by atoms with E-state index in [1.54, 1.807) is 0 Å². The van der Waals surface area contributed by atoms with Gasteiger partial charge in [0.25, 0.3) is 0 Å². The first-order valence-electron chi connectivity index (χ1n) is 33.4. The van der Waals surface area contributed by atoms with Gasteiger partial charge in [0.2, 0.25) is 6.29 Å². The van der Waals surface area contributed by atoms with Crippen LogP contribution in [0.15, 0.2) is 11.6 Å². The van der Waals surface area contributed by atoms with Crippen molar-refractivity contribution in [2.24, 2.45) is 50.2 Å². The molecule has 33 heteroatoms. The number of hydrogen-bond acceptors (Lipinski definition) is 33. The van der Waals surface area contributed by atoms with E-state index in [2.05, 4.69) is 33.8 Å². The normalized spacial score (nSPS) is 54.0. The fourth-order valence-electron chi connectivity index (χ4n) is 18.8. The lowest BCUT2D eigenvalue weighted by molar-refractivity contribution is -0.372. The summed E-state index contributed by atoms with van der Waals surface area (Å²) in [5, 5.41) is 221. The van der Waals surface area contributed by atoms with Gasteiger partial charge in [-0.05, 0) is 97.7 Å². The highest BCUT2D eigenvalue weighted by Crippen LogP contribution is 2.76. The predicted molar refractivity (Wildman–Crippen MR) is 314 cm³/mol. The molecule has 0 unspecified atom stereocenters. The Hall–Kier alpha value is -2.03. The highest BCUT2D eigenvalue weighted by atomic mass is 16.8. The molecule has 4 saturated carbocycles. The molecule has 10 fully saturated rings. The first-order chi connectivity index (χ1) is 45.1. The van der Waals surface area contributed by atoms with Crippen molar-refractivity contribution >= 4 is 5.97 Å². The summed E-state index contributed by atoms with van der Waals surface area (Å²) in [5.74, 6) is -2.50. The van der Waals surface area contributed by atoms with Crippen LogP contribution in [0.4, 0.5) is 0 Å². The Kier molecular flexibility index (Phi) is 21.8. The molecule has 0 spiro atoms. The van der Waals surface area contributed by atoms with Crippen LogP contribution in [-0.4, -0.2) is 339 Å². The van der Waals surface area contributed by atoms with Crippen molar-refractivity contribution in [3.05, 3.63) is 11.6 Å². The van der Waals surface area contributed by atoms with Gasteiger partial charge in [-0.15, -0.1) is 0 Å². The highest BCUT2D eigenvalue weighted by Gasteiger charge is 2.74. The molecule has 5 aliphatic carbocycles. The maximum atomic E-state index is 15.5. The van der Waals surface area contributed by atoms with Crippen LogP contribution in [0.3, 0.4) is 0 Å². The topological polar surface area (TPSA) is 532 Å². The molecule has 6 aliphatic heterocycles. The molecule has 552 valence electrons. The molecule has 0 aromatic rings. The van der Waals surface area contributed by atoms with E-state index in [1.165, 1.54) is 6.92 Å². The SMILES string of the molecule is C[C@@H]1O[C@@H](O[C@H]2[C@H](OC(=O)[C@]34CCC(C)(C)C[C@H]3C3=CC[C@@H]5[C@@]6(C)C[C@H](O)[C@H](O[C@@H]7O[C@H](CO[C@@H]8O[C@H](CO)[C@@H](O)[C@H](O)[C@H]8O)[C@@H](O)[C@H](O)[C@H]7O)C(CO)(CO)[C@@H]6CC[C@@]5(C)[C@]3(C)C[C@H]4O)OC[C@H](O)[C@@H]2O)[C@H](O)[C@H](O)[C@H]1O[C@@H]1OC[C@@H](O)[C@H](O[C@@H]2OC[C@@](O)(CO)[C@H]2O)[C@H]1O. The number of carbonyl (C=O) groups is 1. The van der Waals surface area contributed by atoms with E-state index >= 15 is 4.79 Å². The van der Waals surface area contributed by atoms with Crippen molar-refractivity contribution in [1.29, 1.82) is 0 Å². The Morgan fingerprint density at radius 3 is 1.81 bits per heavy atom. The number of esters is 1. The van der Waals surface area contributed by atoms with Gasteiger partial charge in [0, 0.05) is 5.41 Å². The van der Waals surface area contributed by atoms with E-state index in [-0.39, 0.29) is 30.6 Å². The van der Waals surface area contributed by atoms with Gasteiger partial charge in [-0.3, -0.25) is 4.79 Å². The van der Waals surface area contributed by atoms with Crippen LogP contribution in [0.5, 0.6) is 0 Å². The molecule has 33 nitrogen and oxygen atoms in total. The zero-order valence-corrected chi connectivity index (χ0v) is 54.5. The molecule has 0 aromatic heterocycles. The summed E-state index contributed by atoms with van der Waals surface area (Å²) in [6.45, 7) is 6.34. The number of aliphatic hydroxyl groups is 20. The van der Waals surface area contributed by atoms with Crippen LogP contribution in [0.2, 0.25) is 0 Å². The third kappa shape index (κ3) is 12.4. The molecule has 6 heterocycles. The summed E-state index contributed by atoms with van der Waals surface area (Å²) in [6.07, 6.45) is -43.1. The number of carbonyl (C=O) groups excluding carboxylic acids is 1. The zero-order valence-electron chi connectivity index (χ0n) is 54.5. The summed E-state index contributed by atoms with van der Waals surface area (Å²) in [5.41, 5.74) is -7.34. The minimum absolute atomic E-state index is 0.0176. The van der Waals surface area contributed by atoms with Gasteiger partial charge >= 0.3 is 5.97 Å². The standard InChI is InChI=1S/C63H102O33/c1-24-45(92-51-44(81)46(29(70)18-85-51)93-55-48(82)62(84,22-67)23-88-55)40(77)43(80)52(89-24)94-47-35(72)28(69)17-86-54(47)96-56(83)63-12-11-57(2,3)13-26(63)25-7-8-32-58(4)14-27(68)49(61(20-65,21-66)33(58)9-10-59(32,5)60(25,6)15-34(63)71)95-53-42(79)39(76)37(74)31(91-53)19-87-50-41(78)38(75)36(73)30(16-64)90-50/h7,24,26-55,64-82,84H,8-23H2,1-6H3/t24-,26-,27-,28-,29+,30+,31+,32+,33+,34+,35-,36+,37+,38-,39-,40-,41+,42+,43+,44+,45-,46-,47+,48-,49-,50+,51-,52-,53-,54-,55-,58+,59+,60+,62-,63+/m0/s1. The summed E-state index contributed by atoms with van der Waals surface area (Å²) < 4.78 is 70.1. The number of ether oxygens (including phenoxy) is 12. The zero-order chi connectivity index (χ0) is 70.1. The minimum atomic E-state index is -2.09. The van der Waals surface area contributed by atoms with Gasteiger partial charge in [-0.2, -0.15) is 0 Å². The maximum Gasteiger partial charge on any atom is 0.317 e. The Morgan fingerprint density at radius 2 is 1.16 bits per heavy atom. The highest BCUT2D eigenvalue weighted by molar-refractivity contribution is 5.80. The van der Waals surface area contributed by atoms with Gasteiger partial charge in [0.15, 0.2) is 37.6 Å². The fraction of sp³-hybridized carbons (Fsp3) is 0.952. The number of hydrogen-bond donors (Lipinski definition) is 20. The molecule has 0 radical (unpaired) electrons. The molecule has 96 heavy (non-hydrogen) atoms. The molecule has 36 atom stereocenters. The first-order valence-corrected chi connectivity index (χ1v) is 33.4. The van der Waals surface area contributed by atoms with Crippen molar-refractivity contribution in [1.82, 2.24) is 0 Å². The van der Waals surface area contributed by atoms with E-state index in [4.69, 9.17) is 56.8 Å². The van der Waals surface area contributed by atoms with Crippen molar-refractivity contribution in [2.45, 2.75) is 271 Å². The van der Waals surface area contributed by atoms with Crippen LogP contribution in [0.1, 0.15) is 92.9 Å². The van der Waals surface area contributed by atoms with E-state index < -0.39 is 275 Å². The van der Waals surface area contributed by atoms with Crippen molar-refractivity contribution in [2.75, 3.05) is 52.9 Å². The summed E-state index contributed by atoms with van der Waals surface area (Å²) >= 11 is 0. The second kappa shape index (κ2) is 27.9. The average Bonchev–Trinajstić information content (AvgIpc) is 1.24. The predicted octanol–water partition coefficient (Wildman–Crippen LogP) is -7.55. The second-order valence-electron chi connectivity index (χ2n) is 30.7. The Labute approximate surface area is 553 Å². The third-order valence-corrected chi connectivity index (χ3v) is 24.7. The Morgan fingerprint density at radius 1 is 0.552 bits per heavy atom. The maximum absolute atomic E-state index is 15.5. The van der Waals surface area contributed by atoms with Gasteiger partial charge in [-0.25, -0.2) is 0 Å². The van der Waals surface area contributed by atoms with Crippen LogP contribution < -0.4 is 0 Å². The fourth-order valence-corrected chi connectivity index (χ4v) is 18.8. The largest absolute Gasteiger partial charge is 0.432 e. The van der Waals surface area contributed by atoms with Gasteiger partial charge < -0.3 is 159 Å². The molecule has 0 aromatic carbocycles. The van der Waals surface area contributed by atoms with Crippen molar-refractivity contribution < 1.29 is 164 Å². The van der Waals surface area contributed by atoms with E-state index in [0.29, 0.717) is 32.1 Å². The lowest BCUT2D eigenvalue weighted by atomic mass is 9.33. The van der Waals surface area contributed by atoms with Gasteiger partial charge in [-0.1, -0.05) is 46.3 Å². The monoisotopic (exact) mass is 1390 g/mol. The Bertz CT molecular complexity index is 2710. The van der Waals surface area contributed by atoms with E-state index in [0.717, 1.165) is 5.57 Å². The minimum Gasteiger partial charge on any atom is -0.432 e. The quantitative estimate of drug-likeness (QED) is 0.0365. The lowest BCUT2D eigenvalue weighted by Crippen LogP contribution is -2.71.